The van der Waals surface area contributed by atoms with Gasteiger partial charge < -0.3 is 15.7 Å². The number of hydrogen-bond donors (Lipinski definition) is 3. The fraction of sp³-hybridized carbons (Fsp3) is 0.600. The highest BCUT2D eigenvalue weighted by Gasteiger charge is 2.25. The summed E-state index contributed by atoms with van der Waals surface area (Å²) in [6.45, 7) is 1.82. The highest BCUT2D eigenvalue weighted by Crippen LogP contribution is 2.28. The lowest BCUT2D eigenvalue weighted by Crippen LogP contribution is -2.36. The first kappa shape index (κ1) is 15.4. The van der Waals surface area contributed by atoms with Crippen molar-refractivity contribution >= 4 is 29.1 Å². The summed E-state index contributed by atoms with van der Waals surface area (Å²) in [7, 11) is 1.54. The van der Waals surface area contributed by atoms with Gasteiger partial charge in [-0.15, -0.1) is 0 Å². The average molecular weight is 287 g/mol. The fourth-order valence-corrected chi connectivity index (χ4v) is 2.22. The molecule has 0 spiro atoms. The molecular formula is C10H17N5O3S. The lowest BCUT2D eigenvalue weighted by atomic mass is 10.1. The zero-order valence-corrected chi connectivity index (χ0v) is 11.8. The van der Waals surface area contributed by atoms with E-state index < -0.39 is 10.5 Å². The van der Waals surface area contributed by atoms with Crippen LogP contribution in [0.2, 0.25) is 0 Å². The van der Waals surface area contributed by atoms with Gasteiger partial charge in [-0.1, -0.05) is 0 Å². The van der Waals surface area contributed by atoms with Crippen LogP contribution in [0.5, 0.6) is 0 Å². The molecule has 0 radical (unpaired) electrons. The van der Waals surface area contributed by atoms with E-state index in [1.54, 1.807) is 14.0 Å². The van der Waals surface area contributed by atoms with Gasteiger partial charge >= 0.3 is 5.69 Å². The lowest BCUT2D eigenvalue weighted by molar-refractivity contribution is -0.383. The second kappa shape index (κ2) is 6.53. The van der Waals surface area contributed by atoms with Crippen molar-refractivity contribution in [3.8, 4) is 0 Å². The number of nitrogens with zero attached hydrogens (tertiary/aromatic N) is 3. The van der Waals surface area contributed by atoms with Crippen LogP contribution < -0.4 is 10.6 Å². The molecule has 0 amide bonds. The van der Waals surface area contributed by atoms with Crippen LogP contribution in [0.1, 0.15) is 6.92 Å². The van der Waals surface area contributed by atoms with Crippen LogP contribution in [-0.4, -0.2) is 51.2 Å². The van der Waals surface area contributed by atoms with Gasteiger partial charge in [0, 0.05) is 19.3 Å². The van der Waals surface area contributed by atoms with Crippen molar-refractivity contribution in [1.29, 1.82) is 0 Å². The van der Waals surface area contributed by atoms with E-state index in [0.29, 0.717) is 5.75 Å². The molecule has 0 aromatic carbocycles. The van der Waals surface area contributed by atoms with Gasteiger partial charge in [-0.3, -0.25) is 10.1 Å². The van der Waals surface area contributed by atoms with E-state index in [9.17, 15) is 15.2 Å². The smallest absolute Gasteiger partial charge is 0.353 e. The molecule has 106 valence electrons. The van der Waals surface area contributed by atoms with Gasteiger partial charge in [0.15, 0.2) is 0 Å². The van der Waals surface area contributed by atoms with E-state index >= 15 is 0 Å². The summed E-state index contributed by atoms with van der Waals surface area (Å²) in [5, 5.41) is 26.5. The van der Waals surface area contributed by atoms with Crippen LogP contribution in [0, 0.1) is 10.1 Å². The number of anilines is 2. The Bertz CT molecular complexity index is 455. The maximum atomic E-state index is 11.0. The number of hydrogen-bond acceptors (Lipinski definition) is 8. The van der Waals surface area contributed by atoms with E-state index in [1.165, 1.54) is 18.1 Å². The molecule has 9 heteroatoms. The summed E-state index contributed by atoms with van der Waals surface area (Å²) in [5.41, 5.74) is -1.21. The normalized spacial score (nSPS) is 13.7. The molecule has 19 heavy (non-hydrogen) atoms. The first-order valence-electron chi connectivity index (χ1n) is 5.53. The third-order valence-electron chi connectivity index (χ3n) is 2.33. The van der Waals surface area contributed by atoms with Gasteiger partial charge in [0.25, 0.3) is 0 Å². The third-order valence-corrected chi connectivity index (χ3v) is 3.24. The number of aliphatic hydroxyl groups is 1. The van der Waals surface area contributed by atoms with Crippen molar-refractivity contribution in [2.75, 3.05) is 36.2 Å². The zero-order valence-electron chi connectivity index (χ0n) is 11.0. The van der Waals surface area contributed by atoms with Crippen molar-refractivity contribution in [1.82, 2.24) is 9.97 Å². The molecule has 0 bridgehead atoms. The maximum absolute atomic E-state index is 11.0. The third kappa shape index (κ3) is 4.21. The largest absolute Gasteiger partial charge is 0.387 e. The number of aromatic nitrogens is 2. The van der Waals surface area contributed by atoms with E-state index in [-0.39, 0.29) is 23.9 Å². The van der Waals surface area contributed by atoms with E-state index in [0.717, 1.165) is 0 Å². The van der Waals surface area contributed by atoms with E-state index in [2.05, 4.69) is 20.6 Å². The van der Waals surface area contributed by atoms with Crippen molar-refractivity contribution in [2.45, 2.75) is 12.5 Å². The molecule has 0 aliphatic heterocycles. The minimum atomic E-state index is -0.974. The van der Waals surface area contributed by atoms with Gasteiger partial charge in [0.05, 0.1) is 10.5 Å². The summed E-state index contributed by atoms with van der Waals surface area (Å²) >= 11 is 1.49. The lowest BCUT2D eigenvalue weighted by Gasteiger charge is -2.22. The predicted molar refractivity (Wildman–Crippen MR) is 75.7 cm³/mol. The Morgan fingerprint density at radius 3 is 2.68 bits per heavy atom. The molecule has 3 N–H and O–H groups in total. The number of rotatable bonds is 7. The zero-order chi connectivity index (χ0) is 14.5. The van der Waals surface area contributed by atoms with E-state index in [1.807, 2.05) is 6.26 Å². The number of thioether (sulfide) groups is 1. The average Bonchev–Trinajstić information content (AvgIpc) is 2.35. The molecule has 0 aliphatic carbocycles. The molecule has 1 atom stereocenters. The molecule has 1 unspecified atom stereocenters. The van der Waals surface area contributed by atoms with Crippen LogP contribution >= 0.6 is 11.8 Å². The van der Waals surface area contributed by atoms with Crippen LogP contribution in [-0.2, 0) is 0 Å². The molecule has 1 aromatic heterocycles. The molecular weight excluding hydrogens is 270 g/mol. The fourth-order valence-electron chi connectivity index (χ4n) is 1.50. The Morgan fingerprint density at radius 2 is 2.16 bits per heavy atom. The Hall–Kier alpha value is -1.61. The van der Waals surface area contributed by atoms with Crippen molar-refractivity contribution in [2.24, 2.45) is 0 Å². The quantitative estimate of drug-likeness (QED) is 0.502. The topological polar surface area (TPSA) is 113 Å². The molecule has 0 saturated carbocycles. The standard InChI is InChI=1S/C10H17N5O3S/c1-10(16,5-19-3)4-12-9-7(15(17)18)8(11-2)13-6-14-9/h6,16H,4-5H2,1-3H3,(H2,11,12,13,14). The Labute approximate surface area is 115 Å². The number of nitrogens with one attached hydrogen (secondary N) is 2. The molecule has 1 heterocycles. The molecule has 0 saturated heterocycles. The van der Waals surface area contributed by atoms with Gasteiger partial charge in [-0.2, -0.15) is 11.8 Å². The molecule has 0 fully saturated rings. The summed E-state index contributed by atoms with van der Waals surface area (Å²) in [6.07, 6.45) is 3.10. The predicted octanol–water partition coefficient (Wildman–Crippen LogP) is 0.952. The Balaban J connectivity index is 2.92. The summed E-state index contributed by atoms with van der Waals surface area (Å²) in [6, 6.07) is 0. The summed E-state index contributed by atoms with van der Waals surface area (Å²) in [5.74, 6) is 0.732. The maximum Gasteiger partial charge on any atom is 0.353 e. The first-order valence-corrected chi connectivity index (χ1v) is 6.93. The first-order chi connectivity index (χ1) is 8.91. The van der Waals surface area contributed by atoms with Gasteiger partial charge in [0.1, 0.15) is 6.33 Å². The molecule has 8 nitrogen and oxygen atoms in total. The monoisotopic (exact) mass is 287 g/mol. The summed E-state index contributed by atoms with van der Waals surface area (Å²) in [4.78, 5) is 18.1. The van der Waals surface area contributed by atoms with E-state index in [4.69, 9.17) is 0 Å². The van der Waals surface area contributed by atoms with Gasteiger partial charge in [0.2, 0.25) is 11.6 Å². The van der Waals surface area contributed by atoms with Crippen molar-refractivity contribution in [3.63, 3.8) is 0 Å². The van der Waals surface area contributed by atoms with Gasteiger partial charge in [-0.05, 0) is 13.2 Å². The highest BCUT2D eigenvalue weighted by molar-refractivity contribution is 7.98. The Kier molecular flexibility index (Phi) is 5.31. The SMILES string of the molecule is CNc1ncnc(NCC(C)(O)CSC)c1[N+](=O)[O-]. The minimum absolute atomic E-state index is 0.0886. The van der Waals surface area contributed by atoms with Crippen molar-refractivity contribution < 1.29 is 10.0 Å². The second-order valence-electron chi connectivity index (χ2n) is 4.21. The van der Waals surface area contributed by atoms with Crippen LogP contribution in [0.3, 0.4) is 0 Å². The minimum Gasteiger partial charge on any atom is -0.387 e. The highest BCUT2D eigenvalue weighted by atomic mass is 32.2. The van der Waals surface area contributed by atoms with Crippen LogP contribution in [0.4, 0.5) is 17.3 Å². The van der Waals surface area contributed by atoms with Crippen LogP contribution in [0.25, 0.3) is 0 Å². The molecule has 1 rings (SSSR count). The molecule has 0 aliphatic rings. The Morgan fingerprint density at radius 1 is 1.53 bits per heavy atom. The second-order valence-corrected chi connectivity index (χ2v) is 5.08. The van der Waals surface area contributed by atoms with Crippen LogP contribution in [0.15, 0.2) is 6.33 Å². The van der Waals surface area contributed by atoms with Crippen molar-refractivity contribution in [3.05, 3.63) is 16.4 Å². The molecule has 1 aromatic rings. The van der Waals surface area contributed by atoms with Gasteiger partial charge in [-0.25, -0.2) is 9.97 Å². The summed E-state index contributed by atoms with van der Waals surface area (Å²) < 4.78 is 0. The number of nitro groups is 1.